The van der Waals surface area contributed by atoms with Crippen molar-refractivity contribution in [1.82, 2.24) is 15.6 Å². The molecule has 8 heteroatoms. The maximum atomic E-state index is 11.0. The highest BCUT2D eigenvalue weighted by molar-refractivity contribution is 14.0. The number of carbonyl (C=O) groups is 1. The average Bonchev–Trinajstić information content (AvgIpc) is 3.03. The van der Waals surface area contributed by atoms with E-state index in [1.54, 1.807) is 11.3 Å². The fourth-order valence-corrected chi connectivity index (χ4v) is 2.74. The Labute approximate surface area is 165 Å². The molecule has 0 spiro atoms. The van der Waals surface area contributed by atoms with Crippen molar-refractivity contribution in [2.24, 2.45) is 4.99 Å². The molecule has 1 heterocycles. The molecule has 0 aromatic carbocycles. The summed E-state index contributed by atoms with van der Waals surface area (Å²) < 4.78 is 4.62. The number of methoxy groups -OCH3 is 1. The van der Waals surface area contributed by atoms with E-state index in [2.05, 4.69) is 32.3 Å². The van der Waals surface area contributed by atoms with Crippen molar-refractivity contribution in [2.75, 3.05) is 20.2 Å². The number of aryl methyl sites for hydroxylation is 1. The van der Waals surface area contributed by atoms with Crippen LogP contribution in [0.3, 0.4) is 0 Å². The van der Waals surface area contributed by atoms with Crippen LogP contribution in [0.4, 0.5) is 0 Å². The van der Waals surface area contributed by atoms with Crippen molar-refractivity contribution in [2.45, 2.75) is 52.5 Å². The van der Waals surface area contributed by atoms with Gasteiger partial charge in [-0.3, -0.25) is 4.79 Å². The Morgan fingerprint density at radius 2 is 2.08 bits per heavy atom. The van der Waals surface area contributed by atoms with Gasteiger partial charge in [-0.2, -0.15) is 0 Å². The number of unbranched alkanes of at least 4 members (excludes halogenated alkanes) is 2. The normalized spacial score (nSPS) is 10.9. The van der Waals surface area contributed by atoms with Crippen molar-refractivity contribution >= 4 is 47.2 Å². The van der Waals surface area contributed by atoms with Gasteiger partial charge in [0.1, 0.15) is 5.01 Å². The largest absolute Gasteiger partial charge is 0.469 e. The molecule has 0 unspecified atom stereocenters. The van der Waals surface area contributed by atoms with Crippen LogP contribution in [0.15, 0.2) is 11.2 Å². The first kappa shape index (κ1) is 23.1. The summed E-state index contributed by atoms with van der Waals surface area (Å²) in [5, 5.41) is 7.59. The molecule has 0 saturated heterocycles. The first-order valence-corrected chi connectivity index (χ1v) is 9.03. The number of esters is 1. The van der Waals surface area contributed by atoms with Crippen LogP contribution in [0.5, 0.6) is 0 Å². The molecule has 0 amide bonds. The molecule has 2 N–H and O–H groups in total. The van der Waals surface area contributed by atoms with Gasteiger partial charge in [-0.1, -0.05) is 13.3 Å². The van der Waals surface area contributed by atoms with Crippen molar-refractivity contribution in [3.8, 4) is 0 Å². The Morgan fingerprint density at radius 3 is 2.71 bits per heavy atom. The second kappa shape index (κ2) is 14.4. The summed E-state index contributed by atoms with van der Waals surface area (Å²) in [5.74, 6) is 0.677. The second-order valence-electron chi connectivity index (χ2n) is 5.08. The number of hydrogen-bond donors (Lipinski definition) is 2. The molecule has 1 rings (SSSR count). The Bertz CT molecular complexity index is 494. The smallest absolute Gasteiger partial charge is 0.305 e. The lowest BCUT2D eigenvalue weighted by atomic mass is 10.2. The van der Waals surface area contributed by atoms with E-state index in [-0.39, 0.29) is 29.9 Å². The number of carbonyl (C=O) groups excluding carboxylic acids is 1. The van der Waals surface area contributed by atoms with Crippen LogP contribution in [-0.4, -0.2) is 37.1 Å². The van der Waals surface area contributed by atoms with E-state index in [0.29, 0.717) is 13.0 Å². The Morgan fingerprint density at radius 1 is 1.29 bits per heavy atom. The van der Waals surface area contributed by atoms with E-state index < -0.39 is 0 Å². The van der Waals surface area contributed by atoms with Gasteiger partial charge >= 0.3 is 5.97 Å². The maximum Gasteiger partial charge on any atom is 0.305 e. The van der Waals surface area contributed by atoms with Gasteiger partial charge in [0.05, 0.1) is 13.7 Å². The minimum absolute atomic E-state index is 0. The molecule has 6 nitrogen and oxygen atoms in total. The van der Waals surface area contributed by atoms with Crippen LogP contribution in [0.1, 0.15) is 49.4 Å². The van der Waals surface area contributed by atoms with Crippen LogP contribution >= 0.6 is 35.3 Å². The predicted octanol–water partition coefficient (Wildman–Crippen LogP) is 3.11. The number of hydrogen-bond acceptors (Lipinski definition) is 5. The number of thiazole rings is 1. The number of rotatable bonds is 10. The second-order valence-corrected chi connectivity index (χ2v) is 6.28. The lowest BCUT2D eigenvalue weighted by Crippen LogP contribution is -2.37. The molecular formula is C16H29IN4O2S. The summed E-state index contributed by atoms with van der Waals surface area (Å²) in [7, 11) is 1.43. The SMILES string of the molecule is CCNC(=NCc1ncc(CC)s1)NCCCCCC(=O)OC.I. The number of nitrogens with one attached hydrogen (secondary N) is 2. The molecule has 0 atom stereocenters. The first-order valence-electron chi connectivity index (χ1n) is 8.22. The Balaban J connectivity index is 0.00000529. The monoisotopic (exact) mass is 468 g/mol. The minimum atomic E-state index is -0.136. The number of nitrogens with zero attached hydrogens (tertiary/aromatic N) is 2. The van der Waals surface area contributed by atoms with Crippen LogP contribution in [0.2, 0.25) is 0 Å². The van der Waals surface area contributed by atoms with Gasteiger partial charge in [-0.05, 0) is 26.2 Å². The van der Waals surface area contributed by atoms with Crippen LogP contribution < -0.4 is 10.6 Å². The fraction of sp³-hybridized carbons (Fsp3) is 0.688. The fourth-order valence-electron chi connectivity index (χ4n) is 1.95. The van der Waals surface area contributed by atoms with E-state index >= 15 is 0 Å². The summed E-state index contributed by atoms with van der Waals surface area (Å²) in [6.45, 7) is 6.44. The standard InChI is InChI=1S/C16H28N4O2S.HI/c1-4-13-11-19-14(23-13)12-20-16(17-5-2)18-10-8-6-7-9-15(21)22-3;/h11H,4-10,12H2,1-3H3,(H2,17,18,20);1H. The van der Waals surface area contributed by atoms with E-state index in [1.165, 1.54) is 12.0 Å². The summed E-state index contributed by atoms with van der Waals surface area (Å²) in [6.07, 6.45) is 6.30. The number of aromatic nitrogens is 1. The van der Waals surface area contributed by atoms with Crippen LogP contribution in [-0.2, 0) is 22.5 Å². The average molecular weight is 468 g/mol. The van der Waals surface area contributed by atoms with E-state index in [9.17, 15) is 4.79 Å². The lowest BCUT2D eigenvalue weighted by Gasteiger charge is -2.10. The third-order valence-electron chi connectivity index (χ3n) is 3.24. The summed E-state index contributed by atoms with van der Waals surface area (Å²) in [6, 6.07) is 0. The molecule has 0 bridgehead atoms. The highest BCUT2D eigenvalue weighted by atomic mass is 127. The third kappa shape index (κ3) is 10.1. The highest BCUT2D eigenvalue weighted by Crippen LogP contribution is 2.13. The van der Waals surface area contributed by atoms with Gasteiger partial charge in [0.25, 0.3) is 0 Å². The predicted molar refractivity (Wildman–Crippen MR) is 110 cm³/mol. The van der Waals surface area contributed by atoms with E-state index in [4.69, 9.17) is 0 Å². The lowest BCUT2D eigenvalue weighted by molar-refractivity contribution is -0.140. The van der Waals surface area contributed by atoms with Gasteiger partial charge in [0, 0.05) is 30.6 Å². The van der Waals surface area contributed by atoms with Crippen molar-refractivity contribution in [1.29, 1.82) is 0 Å². The van der Waals surface area contributed by atoms with Gasteiger partial charge in [-0.25, -0.2) is 9.98 Å². The van der Waals surface area contributed by atoms with Crippen LogP contribution in [0.25, 0.3) is 0 Å². The Kier molecular flexibility index (Phi) is 13.9. The molecule has 138 valence electrons. The van der Waals surface area contributed by atoms with Crippen molar-refractivity contribution < 1.29 is 9.53 Å². The number of guanidine groups is 1. The molecule has 24 heavy (non-hydrogen) atoms. The molecule has 0 saturated carbocycles. The van der Waals surface area contributed by atoms with Crippen LogP contribution in [0, 0.1) is 0 Å². The van der Waals surface area contributed by atoms with Gasteiger partial charge in [-0.15, -0.1) is 35.3 Å². The van der Waals surface area contributed by atoms with Gasteiger partial charge < -0.3 is 15.4 Å². The summed E-state index contributed by atoms with van der Waals surface area (Å²) in [5.41, 5.74) is 0. The molecular weight excluding hydrogens is 439 g/mol. The van der Waals surface area contributed by atoms with Crippen molar-refractivity contribution in [3.05, 3.63) is 16.1 Å². The maximum absolute atomic E-state index is 11.0. The quantitative estimate of drug-likeness (QED) is 0.182. The number of ether oxygens (including phenoxy) is 1. The van der Waals surface area contributed by atoms with E-state index in [0.717, 1.165) is 49.7 Å². The highest BCUT2D eigenvalue weighted by Gasteiger charge is 2.02. The zero-order valence-electron chi connectivity index (χ0n) is 14.8. The Hall–Kier alpha value is -0.900. The molecule has 0 aliphatic carbocycles. The molecule has 1 aromatic heterocycles. The van der Waals surface area contributed by atoms with E-state index in [1.807, 2.05) is 13.1 Å². The third-order valence-corrected chi connectivity index (χ3v) is 4.37. The number of halogens is 1. The van der Waals surface area contributed by atoms with Gasteiger partial charge in [0.2, 0.25) is 0 Å². The molecule has 0 fully saturated rings. The molecule has 0 aliphatic rings. The summed E-state index contributed by atoms with van der Waals surface area (Å²) in [4.78, 5) is 21.2. The first-order chi connectivity index (χ1) is 11.2. The minimum Gasteiger partial charge on any atom is -0.469 e. The number of aliphatic imine (C=N–C) groups is 1. The summed E-state index contributed by atoms with van der Waals surface area (Å²) >= 11 is 1.72. The topological polar surface area (TPSA) is 75.6 Å². The molecule has 1 aromatic rings. The molecule has 0 radical (unpaired) electrons. The van der Waals surface area contributed by atoms with Gasteiger partial charge in [0.15, 0.2) is 5.96 Å². The zero-order valence-corrected chi connectivity index (χ0v) is 17.9. The van der Waals surface area contributed by atoms with Crippen molar-refractivity contribution in [3.63, 3.8) is 0 Å². The zero-order chi connectivity index (χ0) is 16.9. The molecule has 0 aliphatic heterocycles.